The number of benzene rings is 2. The van der Waals surface area contributed by atoms with Crippen LogP contribution in [0.5, 0.6) is 0 Å². The molecule has 32 heavy (non-hydrogen) atoms. The molecule has 0 saturated carbocycles. The van der Waals surface area contributed by atoms with Crippen molar-refractivity contribution in [3.8, 4) is 11.3 Å². The summed E-state index contributed by atoms with van der Waals surface area (Å²) in [6.07, 6.45) is 2.61. The molecule has 1 N–H and O–H groups in total. The Bertz CT molecular complexity index is 1210. The SMILES string of the molecule is CN(CCCc1cc(-c2ccccc2)no1)CC(=O)N1CCc2[nH]c3ccccc3c2C1. The number of rotatable bonds is 7. The van der Waals surface area contributed by atoms with E-state index in [1.165, 1.54) is 16.6 Å². The number of para-hydroxylation sites is 1. The van der Waals surface area contributed by atoms with Crippen LogP contribution < -0.4 is 0 Å². The van der Waals surface area contributed by atoms with Crippen LogP contribution in [0.4, 0.5) is 0 Å². The summed E-state index contributed by atoms with van der Waals surface area (Å²) in [5.41, 5.74) is 5.62. The zero-order chi connectivity index (χ0) is 21.9. The van der Waals surface area contributed by atoms with E-state index in [0.717, 1.165) is 54.9 Å². The highest BCUT2D eigenvalue weighted by molar-refractivity contribution is 5.86. The lowest BCUT2D eigenvalue weighted by Gasteiger charge is -2.29. The summed E-state index contributed by atoms with van der Waals surface area (Å²) in [6, 6.07) is 20.4. The Balaban J connectivity index is 1.11. The number of amides is 1. The van der Waals surface area contributed by atoms with Crippen molar-refractivity contribution in [2.75, 3.05) is 26.7 Å². The number of carbonyl (C=O) groups is 1. The highest BCUT2D eigenvalue weighted by Crippen LogP contribution is 2.27. The van der Waals surface area contributed by atoms with Crippen molar-refractivity contribution in [1.82, 2.24) is 19.9 Å². The second-order valence-electron chi connectivity index (χ2n) is 8.58. The van der Waals surface area contributed by atoms with Crippen LogP contribution in [0, 0.1) is 0 Å². The van der Waals surface area contributed by atoms with Gasteiger partial charge in [0.1, 0.15) is 11.5 Å². The van der Waals surface area contributed by atoms with E-state index >= 15 is 0 Å². The van der Waals surface area contributed by atoms with E-state index in [1.54, 1.807) is 0 Å². The smallest absolute Gasteiger partial charge is 0.237 e. The molecule has 0 unspecified atom stereocenters. The van der Waals surface area contributed by atoms with Gasteiger partial charge in [-0.3, -0.25) is 9.69 Å². The Morgan fingerprint density at radius 1 is 1.16 bits per heavy atom. The Kier molecular flexibility index (Phi) is 5.77. The maximum atomic E-state index is 12.9. The van der Waals surface area contributed by atoms with Crippen molar-refractivity contribution in [1.29, 1.82) is 0 Å². The van der Waals surface area contributed by atoms with Gasteiger partial charge in [0.2, 0.25) is 5.91 Å². The first-order chi connectivity index (χ1) is 15.7. The van der Waals surface area contributed by atoms with Gasteiger partial charge in [0.25, 0.3) is 0 Å². The predicted molar refractivity (Wildman–Crippen MR) is 125 cm³/mol. The molecule has 5 rings (SSSR count). The predicted octanol–water partition coefficient (Wildman–Crippen LogP) is 4.27. The van der Waals surface area contributed by atoms with Gasteiger partial charge in [0.15, 0.2) is 0 Å². The molecule has 1 aliphatic rings. The minimum absolute atomic E-state index is 0.189. The Hall–Kier alpha value is -3.38. The number of hydrogen-bond donors (Lipinski definition) is 1. The third-order valence-corrected chi connectivity index (χ3v) is 6.23. The van der Waals surface area contributed by atoms with Gasteiger partial charge in [-0.1, -0.05) is 53.7 Å². The standard InChI is InChI=1S/C26H28N4O2/c1-29(14-7-10-20-16-25(28-32-20)19-8-3-2-4-9-19)18-26(31)30-15-13-24-22(17-30)21-11-5-6-12-23(21)27-24/h2-6,8-9,11-12,16,27H,7,10,13-15,17-18H2,1H3. The van der Waals surface area contributed by atoms with Crippen LogP contribution in [0.25, 0.3) is 22.2 Å². The van der Waals surface area contributed by atoms with Crippen LogP contribution >= 0.6 is 0 Å². The highest BCUT2D eigenvalue weighted by atomic mass is 16.5. The molecule has 3 heterocycles. The van der Waals surface area contributed by atoms with Gasteiger partial charge in [-0.2, -0.15) is 0 Å². The first-order valence-corrected chi connectivity index (χ1v) is 11.2. The Morgan fingerprint density at radius 3 is 2.84 bits per heavy atom. The van der Waals surface area contributed by atoms with Crippen molar-refractivity contribution < 1.29 is 9.32 Å². The van der Waals surface area contributed by atoms with E-state index in [1.807, 2.05) is 54.4 Å². The lowest BCUT2D eigenvalue weighted by atomic mass is 10.0. The average Bonchev–Trinajstić information content (AvgIpc) is 3.44. The summed E-state index contributed by atoms with van der Waals surface area (Å²) in [5, 5.41) is 5.41. The van der Waals surface area contributed by atoms with Crippen LogP contribution in [0.3, 0.4) is 0 Å². The summed E-state index contributed by atoms with van der Waals surface area (Å²) in [7, 11) is 2.01. The zero-order valence-corrected chi connectivity index (χ0v) is 18.4. The number of aryl methyl sites for hydroxylation is 1. The van der Waals surface area contributed by atoms with Crippen LogP contribution in [-0.2, 0) is 24.2 Å². The molecule has 6 heteroatoms. The minimum atomic E-state index is 0.189. The van der Waals surface area contributed by atoms with Gasteiger partial charge in [0, 0.05) is 59.7 Å². The first-order valence-electron chi connectivity index (χ1n) is 11.2. The summed E-state index contributed by atoms with van der Waals surface area (Å²) < 4.78 is 5.49. The normalized spacial score (nSPS) is 13.6. The molecule has 6 nitrogen and oxygen atoms in total. The number of hydrogen-bond acceptors (Lipinski definition) is 4. The second kappa shape index (κ2) is 9.01. The quantitative estimate of drug-likeness (QED) is 0.477. The number of H-pyrrole nitrogens is 1. The Labute approximate surface area is 187 Å². The second-order valence-corrected chi connectivity index (χ2v) is 8.58. The van der Waals surface area contributed by atoms with Gasteiger partial charge in [-0.15, -0.1) is 0 Å². The van der Waals surface area contributed by atoms with Crippen LogP contribution in [0.1, 0.15) is 23.4 Å². The largest absolute Gasteiger partial charge is 0.361 e. The highest BCUT2D eigenvalue weighted by Gasteiger charge is 2.24. The molecule has 0 spiro atoms. The molecule has 0 bridgehead atoms. The maximum absolute atomic E-state index is 12.9. The number of nitrogens with one attached hydrogen (secondary N) is 1. The fourth-order valence-corrected chi connectivity index (χ4v) is 4.49. The molecule has 4 aromatic rings. The number of aromatic nitrogens is 2. The van der Waals surface area contributed by atoms with E-state index in [9.17, 15) is 4.79 Å². The number of carbonyl (C=O) groups excluding carboxylic acids is 1. The van der Waals surface area contributed by atoms with E-state index in [0.29, 0.717) is 13.1 Å². The summed E-state index contributed by atoms with van der Waals surface area (Å²) in [4.78, 5) is 20.5. The molecule has 0 aliphatic carbocycles. The van der Waals surface area contributed by atoms with E-state index in [2.05, 4.69) is 33.2 Å². The third kappa shape index (κ3) is 4.32. The number of nitrogens with zero attached hydrogens (tertiary/aromatic N) is 3. The van der Waals surface area contributed by atoms with Crippen molar-refractivity contribution >= 4 is 16.8 Å². The molecule has 2 aromatic heterocycles. The van der Waals surface area contributed by atoms with Gasteiger partial charge >= 0.3 is 0 Å². The van der Waals surface area contributed by atoms with Crippen molar-refractivity contribution in [3.63, 3.8) is 0 Å². The molecular formula is C26H28N4O2. The molecule has 1 amide bonds. The Morgan fingerprint density at radius 2 is 1.97 bits per heavy atom. The van der Waals surface area contributed by atoms with Crippen LogP contribution in [0.2, 0.25) is 0 Å². The van der Waals surface area contributed by atoms with Gasteiger partial charge in [-0.25, -0.2) is 0 Å². The van der Waals surface area contributed by atoms with Crippen LogP contribution in [-0.4, -0.2) is 52.5 Å². The number of aromatic amines is 1. The van der Waals surface area contributed by atoms with Crippen molar-refractivity contribution in [2.24, 2.45) is 0 Å². The lowest BCUT2D eigenvalue weighted by molar-refractivity contribution is -0.133. The van der Waals surface area contributed by atoms with E-state index < -0.39 is 0 Å². The first kappa shape index (κ1) is 20.5. The van der Waals surface area contributed by atoms with E-state index in [-0.39, 0.29) is 5.91 Å². The van der Waals surface area contributed by atoms with Crippen LogP contribution in [0.15, 0.2) is 65.2 Å². The fourth-order valence-electron chi connectivity index (χ4n) is 4.49. The minimum Gasteiger partial charge on any atom is -0.361 e. The molecule has 0 radical (unpaired) electrons. The summed E-state index contributed by atoms with van der Waals surface area (Å²) in [5.74, 6) is 1.07. The van der Waals surface area contributed by atoms with Gasteiger partial charge in [0.05, 0.1) is 6.54 Å². The monoisotopic (exact) mass is 428 g/mol. The summed E-state index contributed by atoms with van der Waals surface area (Å²) in [6.45, 7) is 2.72. The molecule has 1 aliphatic heterocycles. The van der Waals surface area contributed by atoms with Crippen molar-refractivity contribution in [2.45, 2.75) is 25.8 Å². The molecule has 0 atom stereocenters. The van der Waals surface area contributed by atoms with Gasteiger partial charge in [-0.05, 0) is 26.1 Å². The number of fused-ring (bicyclic) bond motifs is 3. The maximum Gasteiger partial charge on any atom is 0.237 e. The molecular weight excluding hydrogens is 400 g/mol. The third-order valence-electron chi connectivity index (χ3n) is 6.23. The molecule has 164 valence electrons. The molecule has 0 fully saturated rings. The fraction of sp³-hybridized carbons (Fsp3) is 0.308. The van der Waals surface area contributed by atoms with Gasteiger partial charge < -0.3 is 14.4 Å². The average molecular weight is 429 g/mol. The topological polar surface area (TPSA) is 65.4 Å². The molecule has 0 saturated heterocycles. The zero-order valence-electron chi connectivity index (χ0n) is 18.4. The van der Waals surface area contributed by atoms with E-state index in [4.69, 9.17) is 4.52 Å². The molecule has 2 aromatic carbocycles. The van der Waals surface area contributed by atoms with Crippen molar-refractivity contribution in [3.05, 3.63) is 77.7 Å². The lowest BCUT2D eigenvalue weighted by Crippen LogP contribution is -2.41. The summed E-state index contributed by atoms with van der Waals surface area (Å²) >= 11 is 0. The number of likely N-dealkylation sites (N-methyl/N-ethyl adjacent to an activating group) is 1.